The molecule has 3 rings (SSSR count). The van der Waals surface area contributed by atoms with Crippen LogP contribution in [0, 0.1) is 0 Å². The predicted molar refractivity (Wildman–Crippen MR) is 98.3 cm³/mol. The summed E-state index contributed by atoms with van der Waals surface area (Å²) in [4.78, 5) is 2.17. The van der Waals surface area contributed by atoms with Gasteiger partial charge < -0.3 is 14.7 Å². The normalized spacial score (nSPS) is 10.4. The van der Waals surface area contributed by atoms with E-state index in [1.54, 1.807) is 0 Å². The van der Waals surface area contributed by atoms with Crippen LogP contribution in [0.2, 0.25) is 0 Å². The minimum atomic E-state index is 0.128. The van der Waals surface area contributed by atoms with Crippen LogP contribution >= 0.6 is 0 Å². The Morgan fingerprint density at radius 2 is 1.25 bits per heavy atom. The first-order valence-corrected chi connectivity index (χ1v) is 8.13. The maximum atomic E-state index is 8.99. The summed E-state index contributed by atoms with van der Waals surface area (Å²) in [7, 11) is 0. The zero-order valence-corrected chi connectivity index (χ0v) is 13.5. The lowest BCUT2D eigenvalue weighted by Gasteiger charge is -2.27. The van der Waals surface area contributed by atoms with Crippen molar-refractivity contribution in [3.63, 3.8) is 0 Å². The van der Waals surface area contributed by atoms with Crippen molar-refractivity contribution < 1.29 is 9.84 Å². The van der Waals surface area contributed by atoms with Crippen LogP contribution in [-0.4, -0.2) is 18.3 Å². The lowest BCUT2D eigenvalue weighted by Crippen LogP contribution is -2.12. The molecule has 0 heterocycles. The van der Waals surface area contributed by atoms with Gasteiger partial charge in [0.1, 0.15) is 5.75 Å². The van der Waals surface area contributed by atoms with Crippen molar-refractivity contribution in [2.45, 2.75) is 6.42 Å². The molecule has 0 aromatic heterocycles. The number of ether oxygens (including phenoxy) is 1. The molecule has 3 aromatic rings. The van der Waals surface area contributed by atoms with Gasteiger partial charge in [-0.3, -0.25) is 0 Å². The van der Waals surface area contributed by atoms with Gasteiger partial charge in [-0.15, -0.1) is 0 Å². The van der Waals surface area contributed by atoms with E-state index in [0.29, 0.717) is 13.0 Å². The third kappa shape index (κ3) is 3.76. The summed E-state index contributed by atoms with van der Waals surface area (Å²) in [6, 6.07) is 28.4. The fourth-order valence-corrected chi connectivity index (χ4v) is 2.59. The number of benzene rings is 3. The van der Waals surface area contributed by atoms with Crippen LogP contribution < -0.4 is 9.64 Å². The van der Waals surface area contributed by atoms with Crippen LogP contribution in [0.5, 0.6) is 5.75 Å². The van der Waals surface area contributed by atoms with Gasteiger partial charge in [0.25, 0.3) is 0 Å². The molecular weight excluding hydrogens is 298 g/mol. The van der Waals surface area contributed by atoms with Crippen molar-refractivity contribution >= 4 is 17.1 Å². The third-order valence-electron chi connectivity index (χ3n) is 3.69. The molecule has 0 fully saturated rings. The average molecular weight is 319 g/mol. The number of hydrogen-bond donors (Lipinski definition) is 1. The van der Waals surface area contributed by atoms with Gasteiger partial charge in [-0.2, -0.15) is 0 Å². The molecule has 0 aliphatic carbocycles. The second-order valence-electron chi connectivity index (χ2n) is 5.40. The Balaban J connectivity index is 2.04. The molecule has 3 nitrogen and oxygen atoms in total. The molecule has 1 N–H and O–H groups in total. The number of nitrogens with zero attached hydrogens (tertiary/aromatic N) is 1. The van der Waals surface area contributed by atoms with Gasteiger partial charge in [0.2, 0.25) is 0 Å². The van der Waals surface area contributed by atoms with Crippen molar-refractivity contribution in [3.8, 4) is 5.75 Å². The van der Waals surface area contributed by atoms with Crippen molar-refractivity contribution in [3.05, 3.63) is 84.9 Å². The van der Waals surface area contributed by atoms with Gasteiger partial charge in [0.15, 0.2) is 0 Å². The van der Waals surface area contributed by atoms with Crippen molar-refractivity contribution in [1.82, 2.24) is 0 Å². The van der Waals surface area contributed by atoms with E-state index in [4.69, 9.17) is 9.84 Å². The minimum absolute atomic E-state index is 0.128. The highest BCUT2D eigenvalue weighted by Crippen LogP contribution is 2.39. The molecule has 0 atom stereocenters. The average Bonchev–Trinajstić information content (AvgIpc) is 2.65. The Morgan fingerprint density at radius 3 is 1.83 bits per heavy atom. The monoisotopic (exact) mass is 319 g/mol. The molecule has 0 spiro atoms. The molecule has 0 radical (unpaired) electrons. The largest absolute Gasteiger partial charge is 0.491 e. The number of rotatable bonds is 7. The van der Waals surface area contributed by atoms with Crippen LogP contribution in [0.1, 0.15) is 6.42 Å². The van der Waals surface area contributed by atoms with E-state index in [9.17, 15) is 0 Å². The molecule has 0 aliphatic heterocycles. The van der Waals surface area contributed by atoms with Gasteiger partial charge in [-0.05, 0) is 36.4 Å². The Morgan fingerprint density at radius 1 is 0.708 bits per heavy atom. The maximum Gasteiger partial charge on any atom is 0.143 e. The highest BCUT2D eigenvalue weighted by molar-refractivity contribution is 5.79. The number of hydrogen-bond acceptors (Lipinski definition) is 3. The molecule has 122 valence electrons. The number of anilines is 3. The lowest BCUT2D eigenvalue weighted by atomic mass is 10.2. The van der Waals surface area contributed by atoms with Gasteiger partial charge >= 0.3 is 0 Å². The predicted octanol–water partition coefficient (Wildman–Crippen LogP) is 4.92. The Hall–Kier alpha value is -2.78. The summed E-state index contributed by atoms with van der Waals surface area (Å²) in [5, 5.41) is 8.99. The van der Waals surface area contributed by atoms with Crippen LogP contribution in [0.15, 0.2) is 84.9 Å². The number of aliphatic hydroxyl groups excluding tert-OH is 1. The highest BCUT2D eigenvalue weighted by Gasteiger charge is 2.15. The molecular formula is C21H21NO2. The minimum Gasteiger partial charge on any atom is -0.491 e. The summed E-state index contributed by atoms with van der Waals surface area (Å²) < 4.78 is 5.90. The third-order valence-corrected chi connectivity index (χ3v) is 3.69. The van der Waals surface area contributed by atoms with Crippen LogP contribution in [-0.2, 0) is 0 Å². The van der Waals surface area contributed by atoms with Crippen molar-refractivity contribution in [2.24, 2.45) is 0 Å². The van der Waals surface area contributed by atoms with Crippen molar-refractivity contribution in [2.75, 3.05) is 18.1 Å². The van der Waals surface area contributed by atoms with Crippen LogP contribution in [0.4, 0.5) is 17.1 Å². The van der Waals surface area contributed by atoms with Gasteiger partial charge in [0.05, 0.1) is 12.3 Å². The van der Waals surface area contributed by atoms with Crippen molar-refractivity contribution in [1.29, 1.82) is 0 Å². The number of aliphatic hydroxyl groups is 1. The zero-order valence-electron chi connectivity index (χ0n) is 13.5. The summed E-state index contributed by atoms with van der Waals surface area (Å²) >= 11 is 0. The lowest BCUT2D eigenvalue weighted by molar-refractivity contribution is 0.234. The first-order chi connectivity index (χ1) is 11.9. The fraction of sp³-hybridized carbons (Fsp3) is 0.143. The topological polar surface area (TPSA) is 32.7 Å². The van der Waals surface area contributed by atoms with Crippen LogP contribution in [0.25, 0.3) is 0 Å². The Labute approximate surface area is 142 Å². The van der Waals surface area contributed by atoms with E-state index in [1.807, 2.05) is 60.7 Å². The second kappa shape index (κ2) is 8.18. The molecule has 0 aliphatic rings. The van der Waals surface area contributed by atoms with Gasteiger partial charge in [-0.1, -0.05) is 48.5 Å². The standard InChI is InChI=1S/C21H21NO2/c23-16-9-17-24-21-15-8-7-14-20(21)22(18-10-3-1-4-11-18)19-12-5-2-6-13-19/h1-8,10-15,23H,9,16-17H2. The van der Waals surface area contributed by atoms with E-state index in [-0.39, 0.29) is 6.61 Å². The summed E-state index contributed by atoms with van der Waals surface area (Å²) in [5.41, 5.74) is 3.12. The zero-order chi connectivity index (χ0) is 16.6. The van der Waals surface area contributed by atoms with E-state index in [2.05, 4.69) is 29.2 Å². The molecule has 3 heteroatoms. The van der Waals surface area contributed by atoms with E-state index >= 15 is 0 Å². The molecule has 0 bridgehead atoms. The second-order valence-corrected chi connectivity index (χ2v) is 5.40. The summed E-state index contributed by atoms with van der Waals surface area (Å²) in [6.45, 7) is 0.619. The maximum absolute atomic E-state index is 8.99. The summed E-state index contributed by atoms with van der Waals surface area (Å²) in [5.74, 6) is 0.804. The van der Waals surface area contributed by atoms with Crippen LogP contribution in [0.3, 0.4) is 0 Å². The molecule has 3 aromatic carbocycles. The molecule has 0 amide bonds. The summed E-state index contributed by atoms with van der Waals surface area (Å²) in [6.07, 6.45) is 0.616. The first kappa shape index (κ1) is 16.1. The Kier molecular flexibility index (Phi) is 5.48. The quantitative estimate of drug-likeness (QED) is 0.628. The number of para-hydroxylation sites is 4. The molecule has 24 heavy (non-hydrogen) atoms. The van der Waals surface area contributed by atoms with Gasteiger partial charge in [-0.25, -0.2) is 0 Å². The fourth-order valence-electron chi connectivity index (χ4n) is 2.59. The Bertz CT molecular complexity index is 705. The molecule has 0 saturated carbocycles. The SMILES string of the molecule is OCCCOc1ccccc1N(c1ccccc1)c1ccccc1. The van der Waals surface area contributed by atoms with E-state index in [0.717, 1.165) is 22.8 Å². The van der Waals surface area contributed by atoms with E-state index < -0.39 is 0 Å². The molecule has 0 saturated heterocycles. The highest BCUT2D eigenvalue weighted by atomic mass is 16.5. The first-order valence-electron chi connectivity index (χ1n) is 8.13. The van der Waals surface area contributed by atoms with Gasteiger partial charge in [0, 0.05) is 24.4 Å². The molecule has 0 unspecified atom stereocenters. The smallest absolute Gasteiger partial charge is 0.143 e. The van der Waals surface area contributed by atoms with E-state index in [1.165, 1.54) is 0 Å².